The minimum absolute atomic E-state index is 0.647. The van der Waals surface area contributed by atoms with Gasteiger partial charge in [-0.1, -0.05) is 115 Å². The van der Waals surface area contributed by atoms with Crippen LogP contribution in [0.1, 0.15) is 5.56 Å². The molecule has 9 aromatic rings. The molecular formula is C40H25N3O. The summed E-state index contributed by atoms with van der Waals surface area (Å²) in [5.74, 6) is 1.95. The zero-order valence-electron chi connectivity index (χ0n) is 24.0. The van der Waals surface area contributed by atoms with Gasteiger partial charge in [-0.25, -0.2) is 15.0 Å². The second kappa shape index (κ2) is 9.58. The molecular weight excluding hydrogens is 538 g/mol. The first-order valence-corrected chi connectivity index (χ1v) is 14.8. The minimum Gasteiger partial charge on any atom is -0.456 e. The van der Waals surface area contributed by atoms with Crippen molar-refractivity contribution >= 4 is 54.3 Å². The summed E-state index contributed by atoms with van der Waals surface area (Å²) in [6, 6.07) is 46.3. The number of nitrogens with zero attached hydrogens (tertiary/aromatic N) is 3. The van der Waals surface area contributed by atoms with E-state index in [1.165, 1.54) is 32.5 Å². The predicted molar refractivity (Wildman–Crippen MR) is 181 cm³/mol. The summed E-state index contributed by atoms with van der Waals surface area (Å²) in [5, 5.41) is 9.42. The molecule has 0 saturated carbocycles. The molecule has 0 aliphatic heterocycles. The van der Waals surface area contributed by atoms with E-state index in [1.807, 2.05) is 72.8 Å². The average Bonchev–Trinajstić information content (AvgIpc) is 3.45. The normalized spacial score (nSPS) is 11.8. The minimum atomic E-state index is 0.647. The second-order valence-electron chi connectivity index (χ2n) is 11.3. The molecule has 0 atom stereocenters. The van der Waals surface area contributed by atoms with Gasteiger partial charge in [0.15, 0.2) is 17.5 Å². The Morgan fingerprint density at radius 3 is 1.61 bits per heavy atom. The van der Waals surface area contributed by atoms with Crippen molar-refractivity contribution in [2.75, 3.05) is 0 Å². The lowest BCUT2D eigenvalue weighted by Crippen LogP contribution is -2.00. The van der Waals surface area contributed by atoms with Gasteiger partial charge in [-0.15, -0.1) is 0 Å². The van der Waals surface area contributed by atoms with Gasteiger partial charge in [-0.05, 0) is 63.5 Å². The smallest absolute Gasteiger partial charge is 0.164 e. The Kier molecular flexibility index (Phi) is 5.38. The highest BCUT2D eigenvalue weighted by Gasteiger charge is 2.17. The SMILES string of the molecule is Cc1ccc2c(c1)c1cc(-c3nc(-c4ccccc4)nc(-c4ccccc4)n3)ccc1c1cc3oc4ccccc4c3cc21. The topological polar surface area (TPSA) is 51.8 Å². The van der Waals surface area contributed by atoms with E-state index in [0.717, 1.165) is 44.0 Å². The molecule has 0 unspecified atom stereocenters. The predicted octanol–water partition coefficient (Wildman–Crippen LogP) is 10.5. The lowest BCUT2D eigenvalue weighted by atomic mass is 9.91. The van der Waals surface area contributed by atoms with E-state index in [-0.39, 0.29) is 0 Å². The number of hydrogen-bond donors (Lipinski definition) is 0. The Bertz CT molecular complexity index is 2490. The highest BCUT2D eigenvalue weighted by Crippen LogP contribution is 2.41. The van der Waals surface area contributed by atoms with Gasteiger partial charge >= 0.3 is 0 Å². The van der Waals surface area contributed by atoms with Crippen LogP contribution in [0.15, 0.2) is 138 Å². The van der Waals surface area contributed by atoms with Crippen LogP contribution in [-0.4, -0.2) is 15.0 Å². The zero-order valence-corrected chi connectivity index (χ0v) is 24.0. The molecule has 0 amide bonds. The molecule has 2 heterocycles. The first-order valence-electron chi connectivity index (χ1n) is 14.8. The maximum absolute atomic E-state index is 6.32. The van der Waals surface area contributed by atoms with E-state index in [1.54, 1.807) is 0 Å². The largest absolute Gasteiger partial charge is 0.456 e. The van der Waals surface area contributed by atoms with Crippen LogP contribution >= 0.6 is 0 Å². The molecule has 44 heavy (non-hydrogen) atoms. The fourth-order valence-electron chi connectivity index (χ4n) is 6.41. The van der Waals surface area contributed by atoms with Crippen LogP contribution < -0.4 is 0 Å². The first kappa shape index (κ1) is 24.7. The van der Waals surface area contributed by atoms with E-state index < -0.39 is 0 Å². The number of hydrogen-bond acceptors (Lipinski definition) is 4. The fraction of sp³-hybridized carbons (Fsp3) is 0.0250. The van der Waals surface area contributed by atoms with Gasteiger partial charge in [0.25, 0.3) is 0 Å². The van der Waals surface area contributed by atoms with E-state index >= 15 is 0 Å². The lowest BCUT2D eigenvalue weighted by molar-refractivity contribution is 0.669. The Morgan fingerprint density at radius 1 is 0.364 bits per heavy atom. The van der Waals surface area contributed by atoms with Crippen molar-refractivity contribution in [1.82, 2.24) is 15.0 Å². The van der Waals surface area contributed by atoms with Crippen molar-refractivity contribution in [2.45, 2.75) is 6.92 Å². The monoisotopic (exact) mass is 563 g/mol. The standard InChI is InChI=1S/C40H25N3O/c1-24-16-18-28-31(20-24)32-21-27(17-19-29(32)34-23-37-35(22-33(28)34)30-14-8-9-15-36(30)44-37)40-42-38(25-10-4-2-5-11-25)41-39(43-40)26-12-6-3-7-13-26/h2-23H,1H3. The highest BCUT2D eigenvalue weighted by atomic mass is 16.3. The van der Waals surface area contributed by atoms with Gasteiger partial charge in [-0.3, -0.25) is 0 Å². The van der Waals surface area contributed by atoms with Crippen molar-refractivity contribution in [2.24, 2.45) is 0 Å². The molecule has 0 radical (unpaired) electrons. The Labute approximate surface area is 253 Å². The van der Waals surface area contributed by atoms with E-state index in [0.29, 0.717) is 17.5 Å². The molecule has 0 N–H and O–H groups in total. The molecule has 2 aromatic heterocycles. The molecule has 4 nitrogen and oxygen atoms in total. The number of furan rings is 1. The molecule has 0 bridgehead atoms. The second-order valence-corrected chi connectivity index (χ2v) is 11.3. The van der Waals surface area contributed by atoms with Crippen LogP contribution in [-0.2, 0) is 0 Å². The molecule has 0 fully saturated rings. The van der Waals surface area contributed by atoms with Crippen LogP contribution in [0.4, 0.5) is 0 Å². The van der Waals surface area contributed by atoms with Crippen molar-refractivity contribution in [1.29, 1.82) is 0 Å². The molecule has 0 spiro atoms. The molecule has 0 aliphatic rings. The quantitative estimate of drug-likeness (QED) is 0.201. The van der Waals surface area contributed by atoms with E-state index in [2.05, 4.69) is 67.6 Å². The number of fused-ring (bicyclic) bond motifs is 9. The summed E-state index contributed by atoms with van der Waals surface area (Å²) < 4.78 is 6.32. The van der Waals surface area contributed by atoms with Crippen LogP contribution in [0, 0.1) is 6.92 Å². The first-order chi connectivity index (χ1) is 21.7. The number of aromatic nitrogens is 3. The average molecular weight is 564 g/mol. The van der Waals surface area contributed by atoms with Crippen molar-refractivity contribution < 1.29 is 4.42 Å². The maximum atomic E-state index is 6.32. The molecule has 7 aromatic carbocycles. The van der Waals surface area contributed by atoms with Gasteiger partial charge in [0.05, 0.1) is 0 Å². The van der Waals surface area contributed by atoms with Crippen molar-refractivity contribution in [3.63, 3.8) is 0 Å². The molecule has 4 heteroatoms. The fourth-order valence-corrected chi connectivity index (χ4v) is 6.41. The number of para-hydroxylation sites is 1. The number of benzene rings is 7. The Balaban J connectivity index is 1.33. The number of rotatable bonds is 3. The van der Waals surface area contributed by atoms with Crippen molar-refractivity contribution in [3.05, 3.63) is 139 Å². The summed E-state index contributed by atoms with van der Waals surface area (Å²) in [6.07, 6.45) is 0. The summed E-state index contributed by atoms with van der Waals surface area (Å²) in [4.78, 5) is 14.9. The third-order valence-electron chi connectivity index (χ3n) is 8.54. The molecule has 206 valence electrons. The van der Waals surface area contributed by atoms with Gasteiger partial charge in [0.1, 0.15) is 11.2 Å². The Hall–Kier alpha value is -5.87. The summed E-state index contributed by atoms with van der Waals surface area (Å²) in [7, 11) is 0. The third kappa shape index (κ3) is 3.89. The lowest BCUT2D eigenvalue weighted by Gasteiger charge is -2.13. The van der Waals surface area contributed by atoms with Gasteiger partial charge < -0.3 is 4.42 Å². The molecule has 0 saturated heterocycles. The highest BCUT2D eigenvalue weighted by molar-refractivity contribution is 6.28. The summed E-state index contributed by atoms with van der Waals surface area (Å²) >= 11 is 0. The third-order valence-corrected chi connectivity index (χ3v) is 8.54. The van der Waals surface area contributed by atoms with Gasteiger partial charge in [-0.2, -0.15) is 0 Å². The summed E-state index contributed by atoms with van der Waals surface area (Å²) in [5.41, 5.74) is 5.88. The zero-order chi connectivity index (χ0) is 29.2. The number of aryl methyl sites for hydroxylation is 1. The van der Waals surface area contributed by atoms with Gasteiger partial charge in [0, 0.05) is 27.5 Å². The molecule has 0 aliphatic carbocycles. The van der Waals surface area contributed by atoms with E-state index in [4.69, 9.17) is 19.4 Å². The van der Waals surface area contributed by atoms with Crippen LogP contribution in [0.2, 0.25) is 0 Å². The van der Waals surface area contributed by atoms with Crippen molar-refractivity contribution in [3.8, 4) is 34.2 Å². The van der Waals surface area contributed by atoms with Crippen LogP contribution in [0.5, 0.6) is 0 Å². The molecule has 9 rings (SSSR count). The van der Waals surface area contributed by atoms with Crippen LogP contribution in [0.25, 0.3) is 88.4 Å². The summed E-state index contributed by atoms with van der Waals surface area (Å²) in [6.45, 7) is 2.15. The van der Waals surface area contributed by atoms with E-state index in [9.17, 15) is 0 Å². The Morgan fingerprint density at radius 2 is 0.909 bits per heavy atom. The van der Waals surface area contributed by atoms with Gasteiger partial charge in [0.2, 0.25) is 0 Å². The van der Waals surface area contributed by atoms with Crippen LogP contribution in [0.3, 0.4) is 0 Å². The maximum Gasteiger partial charge on any atom is 0.164 e.